The average molecular weight is 390 g/mol. The van der Waals surface area contributed by atoms with E-state index in [1.807, 2.05) is 19.1 Å². The maximum Gasteiger partial charge on any atom is 0.329 e. The molecule has 8 heteroatoms. The Labute approximate surface area is 162 Å². The van der Waals surface area contributed by atoms with E-state index in [1.54, 1.807) is 24.3 Å². The molecule has 0 saturated carbocycles. The van der Waals surface area contributed by atoms with E-state index in [2.05, 4.69) is 15.8 Å². The van der Waals surface area contributed by atoms with Crippen molar-refractivity contribution in [3.05, 3.63) is 52.5 Å². The summed E-state index contributed by atoms with van der Waals surface area (Å²) in [5.41, 5.74) is 4.39. The Hall–Kier alpha value is -3.06. The van der Waals surface area contributed by atoms with Gasteiger partial charge in [-0.15, -0.1) is 0 Å². The summed E-state index contributed by atoms with van der Waals surface area (Å²) in [7, 11) is 2.96. The minimum atomic E-state index is -0.891. The number of carbonyl (C=O) groups is 2. The van der Waals surface area contributed by atoms with Crippen molar-refractivity contribution in [1.82, 2.24) is 5.43 Å². The largest absolute Gasteiger partial charge is 0.493 e. The van der Waals surface area contributed by atoms with Gasteiger partial charge in [0, 0.05) is 5.69 Å². The van der Waals surface area contributed by atoms with E-state index in [9.17, 15) is 9.59 Å². The van der Waals surface area contributed by atoms with E-state index >= 15 is 0 Å². The molecule has 0 heterocycles. The summed E-state index contributed by atoms with van der Waals surface area (Å²) in [4.78, 5) is 23.7. The Kier molecular flexibility index (Phi) is 7.19. The molecule has 2 aromatic rings. The molecule has 2 amide bonds. The molecule has 142 valence electrons. The molecular formula is C19H20ClN3O4. The van der Waals surface area contributed by atoms with Crippen LogP contribution in [-0.4, -0.2) is 32.2 Å². The first-order valence-electron chi connectivity index (χ1n) is 8.13. The predicted molar refractivity (Wildman–Crippen MR) is 105 cm³/mol. The Bertz CT molecular complexity index is 851. The van der Waals surface area contributed by atoms with Crippen molar-refractivity contribution in [3.8, 4) is 11.5 Å². The molecule has 0 unspecified atom stereocenters. The van der Waals surface area contributed by atoms with Crippen LogP contribution in [-0.2, 0) is 16.0 Å². The number of hydrazone groups is 1. The lowest BCUT2D eigenvalue weighted by molar-refractivity contribution is -0.136. The van der Waals surface area contributed by atoms with Gasteiger partial charge in [0.25, 0.3) is 0 Å². The van der Waals surface area contributed by atoms with Crippen molar-refractivity contribution in [2.24, 2.45) is 5.10 Å². The number of amides is 2. The summed E-state index contributed by atoms with van der Waals surface area (Å²) < 4.78 is 10.3. The van der Waals surface area contributed by atoms with Crippen LogP contribution in [0.4, 0.5) is 5.69 Å². The van der Waals surface area contributed by atoms with Gasteiger partial charge < -0.3 is 14.8 Å². The number of methoxy groups -OCH3 is 2. The van der Waals surface area contributed by atoms with Crippen molar-refractivity contribution in [2.75, 3.05) is 19.5 Å². The van der Waals surface area contributed by atoms with Gasteiger partial charge in [-0.1, -0.05) is 30.7 Å². The van der Waals surface area contributed by atoms with Gasteiger partial charge in [-0.2, -0.15) is 5.10 Å². The first-order chi connectivity index (χ1) is 13.0. The fraction of sp³-hybridized carbons (Fsp3) is 0.211. The SMILES string of the molecule is CCc1ccc(NC(=O)C(=O)N/N=C\c2cc(Cl)c(OC)c(OC)c2)cc1. The quantitative estimate of drug-likeness (QED) is 0.451. The number of ether oxygens (including phenoxy) is 2. The predicted octanol–water partition coefficient (Wildman–Crippen LogP) is 3.01. The normalized spacial score (nSPS) is 10.5. The van der Waals surface area contributed by atoms with Gasteiger partial charge in [-0.05, 0) is 41.8 Å². The lowest BCUT2D eigenvalue weighted by atomic mass is 10.1. The molecule has 0 fully saturated rings. The fourth-order valence-corrected chi connectivity index (χ4v) is 2.54. The smallest absolute Gasteiger partial charge is 0.329 e. The first kappa shape index (κ1) is 20.3. The van der Waals surface area contributed by atoms with Gasteiger partial charge in [0.15, 0.2) is 11.5 Å². The number of nitrogens with zero attached hydrogens (tertiary/aromatic N) is 1. The molecule has 2 N–H and O–H groups in total. The van der Waals surface area contributed by atoms with E-state index in [4.69, 9.17) is 21.1 Å². The third-order valence-electron chi connectivity index (χ3n) is 3.66. The third kappa shape index (κ3) is 5.46. The molecule has 0 atom stereocenters. The van der Waals surface area contributed by atoms with Crippen LogP contribution < -0.4 is 20.2 Å². The molecule has 0 radical (unpaired) electrons. The number of rotatable bonds is 6. The second-order valence-corrected chi connectivity index (χ2v) is 5.85. The Morgan fingerprint density at radius 1 is 1.11 bits per heavy atom. The van der Waals surface area contributed by atoms with Gasteiger partial charge in [0.2, 0.25) is 0 Å². The summed E-state index contributed by atoms with van der Waals surface area (Å²) in [5, 5.41) is 6.60. The zero-order valence-corrected chi connectivity index (χ0v) is 16.0. The average Bonchev–Trinajstić information content (AvgIpc) is 2.67. The van der Waals surface area contributed by atoms with Crippen molar-refractivity contribution >= 4 is 35.3 Å². The summed E-state index contributed by atoms with van der Waals surface area (Å²) in [6, 6.07) is 10.5. The topological polar surface area (TPSA) is 89.0 Å². The number of hydrogen-bond donors (Lipinski definition) is 2. The van der Waals surface area contributed by atoms with E-state index in [1.165, 1.54) is 20.4 Å². The number of aryl methyl sites for hydroxylation is 1. The lowest BCUT2D eigenvalue weighted by Crippen LogP contribution is -2.32. The number of halogens is 1. The minimum Gasteiger partial charge on any atom is -0.493 e. The van der Waals surface area contributed by atoms with Crippen molar-refractivity contribution in [2.45, 2.75) is 13.3 Å². The molecule has 0 bridgehead atoms. The highest BCUT2D eigenvalue weighted by Gasteiger charge is 2.13. The van der Waals surface area contributed by atoms with Crippen molar-refractivity contribution in [1.29, 1.82) is 0 Å². The van der Waals surface area contributed by atoms with Crippen LogP contribution in [0.5, 0.6) is 11.5 Å². The second kappa shape index (κ2) is 9.59. The van der Waals surface area contributed by atoms with Crippen LogP contribution in [0.3, 0.4) is 0 Å². The summed E-state index contributed by atoms with van der Waals surface area (Å²) in [5.74, 6) is -0.890. The molecule has 27 heavy (non-hydrogen) atoms. The molecular weight excluding hydrogens is 370 g/mol. The van der Waals surface area contributed by atoms with Gasteiger partial charge in [-0.25, -0.2) is 5.43 Å². The monoisotopic (exact) mass is 389 g/mol. The van der Waals surface area contributed by atoms with Crippen molar-refractivity contribution < 1.29 is 19.1 Å². The fourth-order valence-electron chi connectivity index (χ4n) is 2.24. The zero-order valence-electron chi connectivity index (χ0n) is 15.2. The van der Waals surface area contributed by atoms with E-state index in [0.29, 0.717) is 27.8 Å². The standard InChI is InChI=1S/C19H20ClN3O4/c1-4-12-5-7-14(8-6-12)22-18(24)19(25)23-21-11-13-9-15(20)17(27-3)16(10-13)26-2/h5-11H,4H2,1-3H3,(H,22,24)(H,23,25)/b21-11-. The number of benzene rings is 2. The van der Waals surface area contributed by atoms with E-state index in [0.717, 1.165) is 12.0 Å². The lowest BCUT2D eigenvalue weighted by Gasteiger charge is -2.09. The Morgan fingerprint density at radius 3 is 2.41 bits per heavy atom. The minimum absolute atomic E-state index is 0.331. The highest BCUT2D eigenvalue weighted by Crippen LogP contribution is 2.35. The van der Waals surface area contributed by atoms with Gasteiger partial charge in [0.05, 0.1) is 25.5 Å². The molecule has 2 rings (SSSR count). The van der Waals surface area contributed by atoms with Crippen LogP contribution in [0.25, 0.3) is 0 Å². The van der Waals surface area contributed by atoms with Crippen LogP contribution in [0, 0.1) is 0 Å². The molecule has 0 aliphatic rings. The molecule has 0 aromatic heterocycles. The Morgan fingerprint density at radius 2 is 1.81 bits per heavy atom. The Balaban J connectivity index is 1.97. The maximum absolute atomic E-state index is 11.9. The van der Waals surface area contributed by atoms with Crippen LogP contribution in [0.15, 0.2) is 41.5 Å². The number of carbonyl (C=O) groups excluding carboxylic acids is 2. The van der Waals surface area contributed by atoms with Crippen molar-refractivity contribution in [3.63, 3.8) is 0 Å². The van der Waals surface area contributed by atoms with Crippen LogP contribution >= 0.6 is 11.6 Å². The third-order valence-corrected chi connectivity index (χ3v) is 3.94. The summed E-state index contributed by atoms with van der Waals surface area (Å²) >= 11 is 6.10. The number of anilines is 1. The highest BCUT2D eigenvalue weighted by atomic mass is 35.5. The highest BCUT2D eigenvalue weighted by molar-refractivity contribution is 6.39. The van der Waals surface area contributed by atoms with Gasteiger partial charge >= 0.3 is 11.8 Å². The molecule has 0 aliphatic carbocycles. The molecule has 0 spiro atoms. The summed E-state index contributed by atoms with van der Waals surface area (Å²) in [6.45, 7) is 2.03. The first-order valence-corrected chi connectivity index (χ1v) is 8.51. The van der Waals surface area contributed by atoms with E-state index in [-0.39, 0.29) is 0 Å². The maximum atomic E-state index is 11.9. The molecule has 0 saturated heterocycles. The van der Waals surface area contributed by atoms with Gasteiger partial charge in [-0.3, -0.25) is 9.59 Å². The van der Waals surface area contributed by atoms with Gasteiger partial charge in [0.1, 0.15) is 0 Å². The van der Waals surface area contributed by atoms with E-state index < -0.39 is 11.8 Å². The van der Waals surface area contributed by atoms with Crippen LogP contribution in [0.2, 0.25) is 5.02 Å². The van der Waals surface area contributed by atoms with Crippen LogP contribution in [0.1, 0.15) is 18.1 Å². The second-order valence-electron chi connectivity index (χ2n) is 5.44. The molecule has 7 nitrogen and oxygen atoms in total. The number of nitrogens with one attached hydrogen (secondary N) is 2. The number of hydrogen-bond acceptors (Lipinski definition) is 5. The summed E-state index contributed by atoms with van der Waals surface area (Å²) in [6.07, 6.45) is 2.23. The molecule has 2 aromatic carbocycles. The zero-order chi connectivity index (χ0) is 19.8. The molecule has 0 aliphatic heterocycles.